The molecule has 4 rings (SSSR count). The first-order valence-corrected chi connectivity index (χ1v) is 11.3. The second-order valence-electron chi connectivity index (χ2n) is 6.02. The SMILES string of the molecule is O=C(CSCc1nc2scc(-c3cccs3)c2c(=O)[nH]1)Nc1cc(F)cc(F)c1. The number of amides is 1. The lowest BCUT2D eigenvalue weighted by molar-refractivity contribution is -0.113. The third-order valence-electron chi connectivity index (χ3n) is 3.90. The number of hydrogen-bond donors (Lipinski definition) is 2. The molecule has 1 aromatic carbocycles. The number of halogens is 2. The monoisotopic (exact) mass is 449 g/mol. The maximum absolute atomic E-state index is 13.2. The number of aromatic amines is 1. The fraction of sp³-hybridized carbons (Fsp3) is 0.105. The van der Waals surface area contributed by atoms with E-state index in [0.717, 1.165) is 28.6 Å². The number of fused-ring (bicyclic) bond motifs is 1. The van der Waals surface area contributed by atoms with Crippen LogP contribution in [0.1, 0.15) is 5.82 Å². The second kappa shape index (κ2) is 8.44. The Hall–Kier alpha value is -2.56. The average molecular weight is 450 g/mol. The van der Waals surface area contributed by atoms with Gasteiger partial charge in [-0.25, -0.2) is 13.8 Å². The first-order chi connectivity index (χ1) is 14.0. The number of H-pyrrole nitrogens is 1. The van der Waals surface area contributed by atoms with Crippen LogP contribution < -0.4 is 10.9 Å². The molecule has 10 heteroatoms. The number of thioether (sulfide) groups is 1. The fourth-order valence-electron chi connectivity index (χ4n) is 2.74. The molecule has 3 aromatic heterocycles. The van der Waals surface area contributed by atoms with Crippen LogP contribution in [0.25, 0.3) is 20.7 Å². The molecule has 3 heterocycles. The number of aromatic nitrogens is 2. The summed E-state index contributed by atoms with van der Waals surface area (Å²) in [4.78, 5) is 33.4. The van der Waals surface area contributed by atoms with Crippen molar-refractivity contribution < 1.29 is 13.6 Å². The Morgan fingerprint density at radius 2 is 2.00 bits per heavy atom. The lowest BCUT2D eigenvalue weighted by Gasteiger charge is -2.06. The van der Waals surface area contributed by atoms with Gasteiger partial charge in [0, 0.05) is 27.6 Å². The van der Waals surface area contributed by atoms with E-state index in [1.165, 1.54) is 23.1 Å². The van der Waals surface area contributed by atoms with Crippen molar-refractivity contribution in [3.63, 3.8) is 0 Å². The smallest absolute Gasteiger partial charge is 0.260 e. The highest BCUT2D eigenvalue weighted by atomic mass is 32.2. The molecule has 148 valence electrons. The summed E-state index contributed by atoms with van der Waals surface area (Å²) in [5, 5.41) is 6.88. The van der Waals surface area contributed by atoms with E-state index >= 15 is 0 Å². The molecule has 1 amide bonds. The van der Waals surface area contributed by atoms with Crippen LogP contribution >= 0.6 is 34.4 Å². The number of benzene rings is 1. The number of nitrogens with one attached hydrogen (secondary N) is 2. The number of anilines is 1. The highest BCUT2D eigenvalue weighted by Crippen LogP contribution is 2.33. The van der Waals surface area contributed by atoms with Gasteiger partial charge in [-0.3, -0.25) is 9.59 Å². The molecule has 29 heavy (non-hydrogen) atoms. The van der Waals surface area contributed by atoms with Gasteiger partial charge in [-0.2, -0.15) is 0 Å². The lowest BCUT2D eigenvalue weighted by Crippen LogP contribution is -2.15. The average Bonchev–Trinajstić information content (AvgIpc) is 3.30. The number of hydrogen-bond acceptors (Lipinski definition) is 6. The summed E-state index contributed by atoms with van der Waals surface area (Å²) in [6.45, 7) is 0. The van der Waals surface area contributed by atoms with Gasteiger partial charge in [-0.1, -0.05) is 6.07 Å². The number of rotatable bonds is 6. The van der Waals surface area contributed by atoms with Crippen LogP contribution in [-0.2, 0) is 10.5 Å². The van der Waals surface area contributed by atoms with Crippen LogP contribution in [0.2, 0.25) is 0 Å². The van der Waals surface area contributed by atoms with Crippen molar-refractivity contribution in [2.45, 2.75) is 5.75 Å². The molecule has 0 spiro atoms. The maximum Gasteiger partial charge on any atom is 0.260 e. The van der Waals surface area contributed by atoms with Crippen molar-refractivity contribution in [3.8, 4) is 10.4 Å². The van der Waals surface area contributed by atoms with Gasteiger partial charge in [-0.15, -0.1) is 34.4 Å². The van der Waals surface area contributed by atoms with Gasteiger partial charge in [0.1, 0.15) is 22.3 Å². The van der Waals surface area contributed by atoms with Gasteiger partial charge in [0.05, 0.1) is 16.9 Å². The Morgan fingerprint density at radius 3 is 2.72 bits per heavy atom. The highest BCUT2D eigenvalue weighted by molar-refractivity contribution is 7.99. The molecular weight excluding hydrogens is 436 g/mol. The third-order valence-corrected chi connectivity index (χ3v) is 6.62. The number of thiophene rings is 2. The van der Waals surface area contributed by atoms with Crippen molar-refractivity contribution in [2.75, 3.05) is 11.1 Å². The minimum absolute atomic E-state index is 0.0464. The van der Waals surface area contributed by atoms with E-state index in [1.54, 1.807) is 11.3 Å². The standard InChI is InChI=1S/C19H13F2N3O2S3/c20-10-4-11(21)6-12(5-10)22-16(25)9-27-8-15-23-18(26)17-13(7-29-19(17)24-15)14-2-1-3-28-14/h1-7H,8-9H2,(H,22,25)(H,23,24,26). The fourth-order valence-corrected chi connectivity index (χ4v) is 5.21. The summed E-state index contributed by atoms with van der Waals surface area (Å²) >= 11 is 4.20. The van der Waals surface area contributed by atoms with Gasteiger partial charge < -0.3 is 10.3 Å². The van der Waals surface area contributed by atoms with E-state index < -0.39 is 17.5 Å². The molecule has 0 unspecified atom stereocenters. The molecular formula is C19H13F2N3O2S3. The molecule has 5 nitrogen and oxygen atoms in total. The summed E-state index contributed by atoms with van der Waals surface area (Å²) in [5.74, 6) is -1.09. The zero-order valence-electron chi connectivity index (χ0n) is 14.7. The molecule has 4 aromatic rings. The molecule has 0 aliphatic carbocycles. The lowest BCUT2D eigenvalue weighted by atomic mass is 10.2. The minimum Gasteiger partial charge on any atom is -0.325 e. The number of nitrogens with zero attached hydrogens (tertiary/aromatic N) is 1. The van der Waals surface area contributed by atoms with E-state index in [9.17, 15) is 18.4 Å². The summed E-state index contributed by atoms with van der Waals surface area (Å²) in [6.07, 6.45) is 0. The molecule has 0 bridgehead atoms. The van der Waals surface area contributed by atoms with Crippen LogP contribution in [0, 0.1) is 11.6 Å². The summed E-state index contributed by atoms with van der Waals surface area (Å²) < 4.78 is 26.3. The van der Waals surface area contributed by atoms with Gasteiger partial charge in [0.25, 0.3) is 5.56 Å². The molecule has 0 radical (unpaired) electrons. The first kappa shape index (κ1) is 19.7. The Labute approximate surface area is 175 Å². The zero-order valence-corrected chi connectivity index (χ0v) is 17.1. The topological polar surface area (TPSA) is 74.8 Å². The molecule has 0 aliphatic rings. The number of carbonyl (C=O) groups is 1. The third kappa shape index (κ3) is 4.55. The molecule has 0 fully saturated rings. The Kier molecular flexibility index (Phi) is 5.74. The van der Waals surface area contributed by atoms with E-state index in [2.05, 4.69) is 15.3 Å². The summed E-state index contributed by atoms with van der Waals surface area (Å²) in [7, 11) is 0. The van der Waals surface area contributed by atoms with Crippen molar-refractivity contribution in [1.29, 1.82) is 0 Å². The highest BCUT2D eigenvalue weighted by Gasteiger charge is 2.14. The molecule has 2 N–H and O–H groups in total. The molecule has 0 aliphatic heterocycles. The largest absolute Gasteiger partial charge is 0.325 e. The Bertz CT molecular complexity index is 1220. The minimum atomic E-state index is -0.763. The Balaban J connectivity index is 1.41. The maximum atomic E-state index is 13.2. The van der Waals surface area contributed by atoms with Crippen LogP contribution in [-0.4, -0.2) is 21.6 Å². The van der Waals surface area contributed by atoms with Gasteiger partial charge in [0.15, 0.2) is 0 Å². The van der Waals surface area contributed by atoms with Crippen molar-refractivity contribution >= 4 is 56.2 Å². The summed E-state index contributed by atoms with van der Waals surface area (Å²) in [6, 6.07) is 6.70. The predicted molar refractivity (Wildman–Crippen MR) is 115 cm³/mol. The Morgan fingerprint density at radius 1 is 1.21 bits per heavy atom. The van der Waals surface area contributed by atoms with Crippen LogP contribution in [0.4, 0.5) is 14.5 Å². The van der Waals surface area contributed by atoms with Crippen LogP contribution in [0.5, 0.6) is 0 Å². The predicted octanol–water partition coefficient (Wildman–Crippen LogP) is 4.86. The van der Waals surface area contributed by atoms with Crippen molar-refractivity contribution in [2.24, 2.45) is 0 Å². The van der Waals surface area contributed by atoms with Gasteiger partial charge in [0.2, 0.25) is 5.91 Å². The van der Waals surface area contributed by atoms with Gasteiger partial charge in [-0.05, 0) is 23.6 Å². The van der Waals surface area contributed by atoms with E-state index in [4.69, 9.17) is 0 Å². The second-order valence-corrected chi connectivity index (χ2v) is 8.81. The molecule has 0 saturated carbocycles. The summed E-state index contributed by atoms with van der Waals surface area (Å²) in [5.41, 5.74) is 0.713. The normalized spacial score (nSPS) is 11.1. The first-order valence-electron chi connectivity index (χ1n) is 8.37. The van der Waals surface area contributed by atoms with Gasteiger partial charge >= 0.3 is 0 Å². The van der Waals surface area contributed by atoms with Crippen LogP contribution in [0.3, 0.4) is 0 Å². The van der Waals surface area contributed by atoms with Crippen molar-refractivity contribution in [3.05, 3.63) is 68.9 Å². The van der Waals surface area contributed by atoms with Crippen LogP contribution in [0.15, 0.2) is 45.9 Å². The zero-order chi connectivity index (χ0) is 20.4. The number of carbonyl (C=O) groups excluding carboxylic acids is 1. The van der Waals surface area contributed by atoms with E-state index in [0.29, 0.717) is 21.8 Å². The molecule has 0 atom stereocenters. The van der Waals surface area contributed by atoms with E-state index in [1.807, 2.05) is 22.9 Å². The molecule has 0 saturated heterocycles. The van der Waals surface area contributed by atoms with Crippen molar-refractivity contribution in [1.82, 2.24) is 9.97 Å². The quantitative estimate of drug-likeness (QED) is 0.441. The van der Waals surface area contributed by atoms with E-state index in [-0.39, 0.29) is 17.0 Å².